The zero-order valence-electron chi connectivity index (χ0n) is 14.2. The number of benzene rings is 1. The lowest BCUT2D eigenvalue weighted by atomic mass is 10.0. The maximum absolute atomic E-state index is 11.8. The Hall–Kier alpha value is -1.59. The number of carbonyl (C=O) groups is 1. The lowest BCUT2D eigenvalue weighted by Crippen LogP contribution is -2.45. The molecule has 5 nitrogen and oxygen atoms in total. The van der Waals surface area contributed by atoms with Gasteiger partial charge in [0.05, 0.1) is 11.7 Å². The van der Waals surface area contributed by atoms with Crippen molar-refractivity contribution < 1.29 is 14.6 Å². The second kappa shape index (κ2) is 8.15. The number of aliphatic hydroxyl groups is 1. The smallest absolute Gasteiger partial charge is 0.314 e. The molecule has 0 radical (unpaired) electrons. The van der Waals surface area contributed by atoms with Crippen LogP contribution < -0.4 is 10.6 Å². The predicted molar refractivity (Wildman–Crippen MR) is 88.0 cm³/mol. The molecule has 0 heterocycles. The van der Waals surface area contributed by atoms with E-state index >= 15 is 0 Å². The normalized spacial score (nSPS) is 12.8. The van der Waals surface area contributed by atoms with Crippen LogP contribution in [0.5, 0.6) is 0 Å². The van der Waals surface area contributed by atoms with Crippen molar-refractivity contribution in [3.8, 4) is 0 Å². The minimum Gasteiger partial charge on any atom is -0.387 e. The topological polar surface area (TPSA) is 70.6 Å². The molecule has 0 aliphatic carbocycles. The Bertz CT molecular complexity index is 480. The van der Waals surface area contributed by atoms with E-state index in [2.05, 4.69) is 10.6 Å². The Balaban J connectivity index is 2.43. The van der Waals surface area contributed by atoms with Gasteiger partial charge in [-0.25, -0.2) is 4.79 Å². The number of hydrogen-bond acceptors (Lipinski definition) is 3. The van der Waals surface area contributed by atoms with Crippen LogP contribution >= 0.6 is 0 Å². The van der Waals surface area contributed by atoms with Crippen molar-refractivity contribution >= 4 is 6.03 Å². The van der Waals surface area contributed by atoms with Crippen LogP contribution in [0.4, 0.5) is 4.79 Å². The quantitative estimate of drug-likeness (QED) is 0.724. The van der Waals surface area contributed by atoms with Gasteiger partial charge in [-0.05, 0) is 40.2 Å². The summed E-state index contributed by atoms with van der Waals surface area (Å²) in [6.45, 7) is 10.9. The first kappa shape index (κ1) is 18.5. The van der Waals surface area contributed by atoms with Gasteiger partial charge in [-0.1, -0.05) is 29.3 Å². The summed E-state index contributed by atoms with van der Waals surface area (Å²) in [6, 6.07) is 5.59. The van der Waals surface area contributed by atoms with Gasteiger partial charge in [0.15, 0.2) is 0 Å². The van der Waals surface area contributed by atoms with E-state index in [0.29, 0.717) is 13.2 Å². The van der Waals surface area contributed by atoms with Gasteiger partial charge in [0.2, 0.25) is 0 Å². The minimum absolute atomic E-state index is 0.170. The summed E-state index contributed by atoms with van der Waals surface area (Å²) in [5, 5.41) is 15.6. The van der Waals surface area contributed by atoms with Crippen molar-refractivity contribution in [1.82, 2.24) is 10.6 Å². The number of urea groups is 1. The van der Waals surface area contributed by atoms with Crippen LogP contribution in [-0.4, -0.2) is 36.4 Å². The highest BCUT2D eigenvalue weighted by Crippen LogP contribution is 2.16. The van der Waals surface area contributed by atoms with Crippen LogP contribution in [0.25, 0.3) is 0 Å². The number of rotatable bonds is 7. The van der Waals surface area contributed by atoms with E-state index in [1.807, 2.05) is 52.8 Å². The van der Waals surface area contributed by atoms with Gasteiger partial charge in [0, 0.05) is 19.7 Å². The SMILES string of the molecule is CCOC(C)(C)CNC(=O)NC[C@H](O)c1cc(C)cc(C)c1. The van der Waals surface area contributed by atoms with E-state index in [1.165, 1.54) is 0 Å². The molecule has 0 spiro atoms. The number of nitrogens with one attached hydrogen (secondary N) is 2. The van der Waals surface area contributed by atoms with Gasteiger partial charge < -0.3 is 20.5 Å². The van der Waals surface area contributed by atoms with E-state index in [4.69, 9.17) is 4.74 Å². The van der Waals surface area contributed by atoms with Gasteiger partial charge in [-0.3, -0.25) is 0 Å². The predicted octanol–water partition coefficient (Wildman–Crippen LogP) is 2.45. The van der Waals surface area contributed by atoms with Crippen LogP contribution in [0.15, 0.2) is 18.2 Å². The van der Waals surface area contributed by atoms with Crippen molar-refractivity contribution in [3.05, 3.63) is 34.9 Å². The van der Waals surface area contributed by atoms with Crippen LogP contribution in [-0.2, 0) is 4.74 Å². The van der Waals surface area contributed by atoms with Crippen LogP contribution in [0.2, 0.25) is 0 Å². The highest BCUT2D eigenvalue weighted by Gasteiger charge is 2.18. The molecule has 1 aromatic carbocycles. The maximum atomic E-state index is 11.8. The van der Waals surface area contributed by atoms with Gasteiger partial charge in [0.1, 0.15) is 0 Å². The van der Waals surface area contributed by atoms with Gasteiger partial charge in [-0.15, -0.1) is 0 Å². The molecule has 0 unspecified atom stereocenters. The first-order valence-corrected chi connectivity index (χ1v) is 7.65. The molecule has 0 aliphatic heterocycles. The summed E-state index contributed by atoms with van der Waals surface area (Å²) >= 11 is 0. The average molecular weight is 308 g/mol. The molecule has 1 aromatic rings. The molecule has 3 N–H and O–H groups in total. The number of carbonyl (C=O) groups excluding carboxylic acids is 1. The minimum atomic E-state index is -0.718. The molecule has 0 aromatic heterocycles. The number of aliphatic hydroxyl groups excluding tert-OH is 1. The van der Waals surface area contributed by atoms with E-state index in [-0.39, 0.29) is 12.6 Å². The molecule has 124 valence electrons. The van der Waals surface area contributed by atoms with Crippen LogP contribution in [0, 0.1) is 13.8 Å². The Morgan fingerprint density at radius 1 is 1.23 bits per heavy atom. The fraction of sp³-hybridized carbons (Fsp3) is 0.588. The van der Waals surface area contributed by atoms with Gasteiger partial charge >= 0.3 is 6.03 Å². The third kappa shape index (κ3) is 6.45. The second-order valence-electron chi connectivity index (χ2n) is 6.19. The largest absolute Gasteiger partial charge is 0.387 e. The van der Waals surface area contributed by atoms with Crippen LogP contribution in [0.1, 0.15) is 43.6 Å². The Morgan fingerprint density at radius 3 is 2.36 bits per heavy atom. The Morgan fingerprint density at radius 2 is 1.82 bits per heavy atom. The number of ether oxygens (including phenoxy) is 1. The van der Waals surface area contributed by atoms with E-state index in [0.717, 1.165) is 16.7 Å². The molecular formula is C17H28N2O3. The first-order chi connectivity index (χ1) is 10.2. The summed E-state index contributed by atoms with van der Waals surface area (Å²) in [4.78, 5) is 11.8. The lowest BCUT2D eigenvalue weighted by molar-refractivity contribution is -0.00693. The molecule has 5 heteroatoms. The zero-order valence-corrected chi connectivity index (χ0v) is 14.2. The summed E-state index contributed by atoms with van der Waals surface area (Å²) in [7, 11) is 0. The summed E-state index contributed by atoms with van der Waals surface area (Å²) in [6.07, 6.45) is -0.718. The van der Waals surface area contributed by atoms with Crippen molar-refractivity contribution in [1.29, 1.82) is 0 Å². The van der Waals surface area contributed by atoms with Gasteiger partial charge in [-0.2, -0.15) is 0 Å². The molecule has 0 bridgehead atoms. The second-order valence-corrected chi connectivity index (χ2v) is 6.19. The highest BCUT2D eigenvalue weighted by atomic mass is 16.5. The average Bonchev–Trinajstić information content (AvgIpc) is 2.41. The van der Waals surface area contributed by atoms with Crippen molar-refractivity contribution in [2.75, 3.05) is 19.7 Å². The third-order valence-corrected chi connectivity index (χ3v) is 3.29. The fourth-order valence-corrected chi connectivity index (χ4v) is 2.31. The van der Waals surface area contributed by atoms with Crippen molar-refractivity contribution in [2.45, 2.75) is 46.3 Å². The number of amides is 2. The molecule has 0 fully saturated rings. The Kier molecular flexibility index (Phi) is 6.84. The molecule has 2 amide bonds. The molecule has 1 atom stereocenters. The lowest BCUT2D eigenvalue weighted by Gasteiger charge is -2.25. The third-order valence-electron chi connectivity index (χ3n) is 3.29. The van der Waals surface area contributed by atoms with Crippen molar-refractivity contribution in [3.63, 3.8) is 0 Å². The maximum Gasteiger partial charge on any atom is 0.314 e. The van der Waals surface area contributed by atoms with E-state index < -0.39 is 11.7 Å². The summed E-state index contributed by atoms with van der Waals surface area (Å²) < 4.78 is 5.51. The monoisotopic (exact) mass is 308 g/mol. The van der Waals surface area contributed by atoms with E-state index in [9.17, 15) is 9.90 Å². The molecule has 0 saturated heterocycles. The number of hydrogen-bond donors (Lipinski definition) is 3. The zero-order chi connectivity index (χ0) is 16.8. The highest BCUT2D eigenvalue weighted by molar-refractivity contribution is 5.73. The fourth-order valence-electron chi connectivity index (χ4n) is 2.31. The summed E-state index contributed by atoms with van der Waals surface area (Å²) in [5.74, 6) is 0. The standard InChI is InChI=1S/C17H28N2O3/c1-6-22-17(4,5)11-19-16(21)18-10-15(20)14-8-12(2)7-13(3)9-14/h7-9,15,20H,6,10-11H2,1-5H3,(H2,18,19,21)/t15-/m0/s1. The van der Waals surface area contributed by atoms with Crippen LogP contribution in [0.3, 0.4) is 0 Å². The Labute approximate surface area is 133 Å². The molecule has 1 rings (SSSR count). The molecular weight excluding hydrogens is 280 g/mol. The van der Waals surface area contributed by atoms with Crippen molar-refractivity contribution in [2.24, 2.45) is 0 Å². The number of aryl methyl sites for hydroxylation is 2. The molecule has 22 heavy (non-hydrogen) atoms. The molecule has 0 aliphatic rings. The van der Waals surface area contributed by atoms with Gasteiger partial charge in [0.25, 0.3) is 0 Å². The summed E-state index contributed by atoms with van der Waals surface area (Å²) in [5.41, 5.74) is 2.60. The molecule has 0 saturated carbocycles. The van der Waals surface area contributed by atoms with E-state index in [1.54, 1.807) is 0 Å². The first-order valence-electron chi connectivity index (χ1n) is 7.65.